The summed E-state index contributed by atoms with van der Waals surface area (Å²) in [6.07, 6.45) is 6.28. The van der Waals surface area contributed by atoms with E-state index in [0.29, 0.717) is 22.6 Å². The molecule has 0 aliphatic rings. The van der Waals surface area contributed by atoms with Gasteiger partial charge in [-0.3, -0.25) is 4.79 Å². The zero-order valence-electron chi connectivity index (χ0n) is 10.6. The number of hydrogen-bond donors (Lipinski definition) is 2. The minimum absolute atomic E-state index is 0. The Morgan fingerprint density at radius 3 is 2.59 bits per heavy atom. The fraction of sp³-hybridized carbons (Fsp3) is 0.545. The van der Waals surface area contributed by atoms with Crippen molar-refractivity contribution >= 4 is 23.9 Å². The number of rotatable bonds is 6. The average molecular weight is 256 g/mol. The number of carbonyl (C=O) groups is 1. The molecule has 5 nitrogen and oxygen atoms in total. The molecule has 0 aromatic carbocycles. The van der Waals surface area contributed by atoms with Crippen molar-refractivity contribution in [1.82, 2.24) is 16.1 Å². The fourth-order valence-corrected chi connectivity index (χ4v) is 1.70. The maximum absolute atomic E-state index is 10.9. The summed E-state index contributed by atoms with van der Waals surface area (Å²) in [4.78, 5) is 19.2. The lowest BCUT2D eigenvalue weighted by Gasteiger charge is -2.16. The van der Waals surface area contributed by atoms with Gasteiger partial charge in [0.1, 0.15) is 5.82 Å². The van der Waals surface area contributed by atoms with Gasteiger partial charge in [-0.05, 0) is 19.1 Å². The lowest BCUT2D eigenvalue weighted by atomic mass is 10.1. The minimum Gasteiger partial charge on any atom is -0.367 e. The summed E-state index contributed by atoms with van der Waals surface area (Å²) in [6.45, 7) is 4.22. The van der Waals surface area contributed by atoms with Crippen LogP contribution in [0.3, 0.4) is 0 Å². The number of carbonyl (C=O) groups excluding carboxylic acids is 1. The average Bonchev–Trinajstić information content (AvgIpc) is 2.35. The molecule has 0 radical (unpaired) electrons. The minimum atomic E-state index is 0. The molecule has 1 rings (SSSR count). The second-order valence-electron chi connectivity index (χ2n) is 3.44. The number of hydrogen-bond acceptors (Lipinski definition) is 6. The van der Waals surface area contributed by atoms with Gasteiger partial charge in [-0.25, -0.2) is 9.97 Å². The van der Waals surface area contributed by atoms with E-state index in [9.17, 15) is 4.79 Å². The molecule has 96 valence electrons. The van der Waals surface area contributed by atoms with Crippen LogP contribution < -0.4 is 11.5 Å². The van der Waals surface area contributed by atoms with Crippen molar-refractivity contribution in [3.05, 3.63) is 11.8 Å². The van der Waals surface area contributed by atoms with Gasteiger partial charge < -0.3 is 11.5 Å². The highest BCUT2D eigenvalue weighted by Gasteiger charge is 2.10. The monoisotopic (exact) mass is 256 g/mol. The Kier molecular flexibility index (Phi) is 7.49. The zero-order chi connectivity index (χ0) is 12.0. The summed E-state index contributed by atoms with van der Waals surface area (Å²) < 4.78 is 0. The van der Waals surface area contributed by atoms with Crippen LogP contribution in [0.15, 0.2) is 11.4 Å². The van der Waals surface area contributed by atoms with E-state index in [1.807, 2.05) is 6.26 Å². The second-order valence-corrected chi connectivity index (χ2v) is 4.21. The molecular weight excluding hydrogens is 236 g/mol. The van der Waals surface area contributed by atoms with E-state index in [1.165, 1.54) is 11.8 Å². The summed E-state index contributed by atoms with van der Waals surface area (Å²) >= 11 is 1.47. The van der Waals surface area contributed by atoms with Crippen molar-refractivity contribution in [3.63, 3.8) is 0 Å². The third kappa shape index (κ3) is 4.32. The summed E-state index contributed by atoms with van der Waals surface area (Å²) in [5.74, 6) is 0.642. The molecule has 1 aromatic heterocycles. The molecule has 0 amide bonds. The largest absolute Gasteiger partial charge is 0.367 e. The van der Waals surface area contributed by atoms with Gasteiger partial charge in [0.15, 0.2) is 11.4 Å². The third-order valence-electron chi connectivity index (χ3n) is 2.43. The van der Waals surface area contributed by atoms with Crippen molar-refractivity contribution in [1.29, 1.82) is 0 Å². The number of thioether (sulfide) groups is 1. The predicted octanol–water partition coefficient (Wildman–Crippen LogP) is 2.77. The van der Waals surface area contributed by atoms with Crippen LogP contribution in [0, 0.1) is 0 Å². The molecule has 0 atom stereocenters. The highest BCUT2D eigenvalue weighted by atomic mass is 32.2. The molecular formula is C11H20N4OS. The van der Waals surface area contributed by atoms with Crippen molar-refractivity contribution in [2.45, 2.75) is 37.9 Å². The van der Waals surface area contributed by atoms with Crippen LogP contribution in [-0.2, 0) is 0 Å². The molecule has 17 heavy (non-hydrogen) atoms. The Morgan fingerprint density at radius 1 is 1.47 bits per heavy atom. The van der Waals surface area contributed by atoms with Crippen LogP contribution in [0.4, 0.5) is 5.82 Å². The molecule has 0 unspecified atom stereocenters. The molecule has 0 saturated carbocycles. The maximum Gasteiger partial charge on any atom is 0.189 e. The van der Waals surface area contributed by atoms with Crippen molar-refractivity contribution in [3.8, 4) is 0 Å². The van der Waals surface area contributed by atoms with E-state index >= 15 is 0 Å². The van der Waals surface area contributed by atoms with Crippen LogP contribution in [0.2, 0.25) is 0 Å². The van der Waals surface area contributed by atoms with Gasteiger partial charge in [-0.1, -0.05) is 25.6 Å². The van der Waals surface area contributed by atoms with Gasteiger partial charge in [0.05, 0.1) is 5.56 Å². The maximum atomic E-state index is 10.9. The van der Waals surface area contributed by atoms with Crippen molar-refractivity contribution in [2.24, 2.45) is 0 Å². The molecule has 0 aliphatic heterocycles. The zero-order valence-corrected chi connectivity index (χ0v) is 11.4. The fourth-order valence-electron chi connectivity index (χ4n) is 1.36. The lowest BCUT2D eigenvalue weighted by molar-refractivity contribution is 0.112. The normalized spacial score (nSPS) is 9.88. The van der Waals surface area contributed by atoms with Gasteiger partial charge in [-0.2, -0.15) is 0 Å². The Bertz CT molecular complexity index is 355. The first-order valence-corrected chi connectivity index (χ1v) is 6.60. The van der Waals surface area contributed by atoms with Crippen LogP contribution in [-0.4, -0.2) is 28.6 Å². The first kappa shape index (κ1) is 15.9. The first-order chi connectivity index (χ1) is 7.74. The van der Waals surface area contributed by atoms with Gasteiger partial charge in [-0.15, -0.1) is 0 Å². The van der Waals surface area contributed by atoms with Gasteiger partial charge in [0.25, 0.3) is 0 Å². The number of aldehydes is 1. The predicted molar refractivity (Wildman–Crippen MR) is 72.2 cm³/mol. The van der Waals surface area contributed by atoms with Gasteiger partial charge >= 0.3 is 0 Å². The molecule has 0 bridgehead atoms. The summed E-state index contributed by atoms with van der Waals surface area (Å²) in [7, 11) is 0. The summed E-state index contributed by atoms with van der Waals surface area (Å²) in [5.41, 5.74) is 0.518. The summed E-state index contributed by atoms with van der Waals surface area (Å²) in [6, 6.07) is 0.350. The second kappa shape index (κ2) is 8.03. The number of nitrogens with zero attached hydrogens (tertiary/aromatic N) is 2. The molecule has 0 saturated heterocycles. The highest BCUT2D eigenvalue weighted by Crippen LogP contribution is 2.17. The third-order valence-corrected chi connectivity index (χ3v) is 2.99. The van der Waals surface area contributed by atoms with E-state index in [4.69, 9.17) is 0 Å². The topological polar surface area (TPSA) is 89.9 Å². The Hall–Kier alpha value is -1.14. The summed E-state index contributed by atoms with van der Waals surface area (Å²) in [5, 5.41) is 3.96. The lowest BCUT2D eigenvalue weighted by Crippen LogP contribution is -2.19. The van der Waals surface area contributed by atoms with Crippen molar-refractivity contribution < 1.29 is 4.79 Å². The van der Waals surface area contributed by atoms with E-state index in [0.717, 1.165) is 19.1 Å². The molecule has 0 aliphatic carbocycles. The molecule has 0 fully saturated rings. The van der Waals surface area contributed by atoms with E-state index < -0.39 is 0 Å². The molecule has 1 heterocycles. The number of nitrogens with one attached hydrogen (secondary N) is 1. The van der Waals surface area contributed by atoms with E-state index in [1.54, 1.807) is 6.20 Å². The van der Waals surface area contributed by atoms with Crippen LogP contribution in [0.25, 0.3) is 0 Å². The smallest absolute Gasteiger partial charge is 0.189 e. The molecule has 0 spiro atoms. The van der Waals surface area contributed by atoms with Gasteiger partial charge in [0.2, 0.25) is 0 Å². The van der Waals surface area contributed by atoms with E-state index in [2.05, 4.69) is 29.1 Å². The Balaban J connectivity index is 0.00000256. The quantitative estimate of drug-likeness (QED) is 0.462. The van der Waals surface area contributed by atoms with E-state index in [-0.39, 0.29) is 6.15 Å². The molecule has 1 aromatic rings. The van der Waals surface area contributed by atoms with Crippen molar-refractivity contribution in [2.75, 3.05) is 11.6 Å². The number of anilines is 1. The first-order valence-electron chi connectivity index (χ1n) is 5.37. The van der Waals surface area contributed by atoms with Crippen LogP contribution in [0.1, 0.15) is 37.0 Å². The Labute approximate surface area is 106 Å². The van der Waals surface area contributed by atoms with Crippen LogP contribution >= 0.6 is 11.8 Å². The molecule has 4 N–H and O–H groups in total. The molecule has 6 heteroatoms. The Morgan fingerprint density at radius 2 is 2.12 bits per heavy atom. The standard InChI is InChI=1S/C11H17N3OS.H3N/c1-4-9(5-2)13-10-8(7-15)6-12-11(14-10)16-3;/h6-7,9H,4-5H2,1-3H3,(H,12,13,14);1H3. The number of aromatic nitrogens is 2. The highest BCUT2D eigenvalue weighted by molar-refractivity contribution is 7.98. The van der Waals surface area contributed by atoms with Crippen LogP contribution in [0.5, 0.6) is 0 Å². The SMILES string of the molecule is CCC(CC)Nc1nc(SC)ncc1C=O.N. The van der Waals surface area contributed by atoms with Gasteiger partial charge in [0, 0.05) is 12.2 Å².